The Morgan fingerprint density at radius 2 is 2.00 bits per heavy atom. The molecule has 2 rings (SSSR count). The average molecular weight is 302 g/mol. The molecule has 112 valence electrons. The van der Waals surface area contributed by atoms with Crippen molar-refractivity contribution >= 4 is 23.3 Å². The van der Waals surface area contributed by atoms with Crippen LogP contribution in [-0.4, -0.2) is 28.8 Å². The molecule has 0 radical (unpaired) electrons. The number of anilines is 1. The van der Waals surface area contributed by atoms with Crippen molar-refractivity contribution in [3.63, 3.8) is 0 Å². The van der Waals surface area contributed by atoms with Crippen LogP contribution >= 0.6 is 0 Å². The van der Waals surface area contributed by atoms with Gasteiger partial charge in [0.15, 0.2) is 5.71 Å². The first-order valence-corrected chi connectivity index (χ1v) is 5.72. The minimum Gasteiger partial charge on any atom is -0.477 e. The lowest BCUT2D eigenvalue weighted by Gasteiger charge is -2.14. The van der Waals surface area contributed by atoms with Crippen LogP contribution < -0.4 is 5.32 Å². The molecule has 0 fully saturated rings. The molecule has 0 saturated heterocycles. The predicted octanol–water partition coefficient (Wildman–Crippen LogP) is 1.87. The molecule has 1 unspecified atom stereocenters. The van der Waals surface area contributed by atoms with Crippen molar-refractivity contribution in [1.29, 1.82) is 0 Å². The molecular formula is C12H9F3N2O4. The highest BCUT2D eigenvalue weighted by Crippen LogP contribution is 2.34. The molecule has 0 bridgehead atoms. The number of carboxylic acids is 1. The van der Waals surface area contributed by atoms with Gasteiger partial charge in [-0.3, -0.25) is 4.79 Å². The SMILES string of the molecule is O=C(O)C1=NOC(C(=O)Nc2ccccc2C(F)(F)F)C1. The van der Waals surface area contributed by atoms with Crippen molar-refractivity contribution < 1.29 is 32.7 Å². The molecule has 1 heterocycles. The minimum atomic E-state index is -4.62. The van der Waals surface area contributed by atoms with E-state index in [1.54, 1.807) is 0 Å². The molecule has 0 saturated carbocycles. The fourth-order valence-corrected chi connectivity index (χ4v) is 1.70. The van der Waals surface area contributed by atoms with Crippen LogP contribution in [0.1, 0.15) is 12.0 Å². The van der Waals surface area contributed by atoms with Crippen LogP contribution in [0.15, 0.2) is 29.4 Å². The Kier molecular flexibility index (Phi) is 3.83. The molecule has 0 aliphatic carbocycles. The van der Waals surface area contributed by atoms with Gasteiger partial charge in [-0.2, -0.15) is 13.2 Å². The smallest absolute Gasteiger partial charge is 0.418 e. The number of nitrogens with zero attached hydrogens (tertiary/aromatic N) is 1. The highest BCUT2D eigenvalue weighted by molar-refractivity contribution is 6.36. The third-order valence-electron chi connectivity index (χ3n) is 2.70. The van der Waals surface area contributed by atoms with Crippen molar-refractivity contribution in [2.75, 3.05) is 5.32 Å². The van der Waals surface area contributed by atoms with Crippen molar-refractivity contribution in [3.8, 4) is 0 Å². The lowest BCUT2D eigenvalue weighted by atomic mass is 10.1. The predicted molar refractivity (Wildman–Crippen MR) is 64.6 cm³/mol. The Labute approximate surface area is 116 Å². The van der Waals surface area contributed by atoms with E-state index in [9.17, 15) is 22.8 Å². The van der Waals surface area contributed by atoms with Crippen LogP contribution in [0.4, 0.5) is 18.9 Å². The van der Waals surface area contributed by atoms with Crippen LogP contribution in [0.3, 0.4) is 0 Å². The van der Waals surface area contributed by atoms with Crippen molar-refractivity contribution in [2.24, 2.45) is 5.16 Å². The van der Waals surface area contributed by atoms with Gasteiger partial charge in [-0.1, -0.05) is 17.3 Å². The molecule has 21 heavy (non-hydrogen) atoms. The van der Waals surface area contributed by atoms with Gasteiger partial charge >= 0.3 is 12.1 Å². The molecule has 0 spiro atoms. The monoisotopic (exact) mass is 302 g/mol. The van der Waals surface area contributed by atoms with Crippen LogP contribution in [-0.2, 0) is 20.6 Å². The summed E-state index contributed by atoms with van der Waals surface area (Å²) in [5, 5.41) is 13.9. The standard InChI is InChI=1S/C12H9F3N2O4/c13-12(14,15)6-3-1-2-4-7(6)16-10(18)9-5-8(11(19)20)17-21-9/h1-4,9H,5H2,(H,16,18)(H,19,20). The second-order valence-corrected chi connectivity index (χ2v) is 4.17. The topological polar surface area (TPSA) is 88.0 Å². The highest BCUT2D eigenvalue weighted by atomic mass is 19.4. The van der Waals surface area contributed by atoms with Crippen molar-refractivity contribution in [2.45, 2.75) is 18.7 Å². The average Bonchev–Trinajstić information content (AvgIpc) is 2.88. The Hall–Kier alpha value is -2.58. The number of nitrogens with one attached hydrogen (secondary N) is 1. The lowest BCUT2D eigenvalue weighted by molar-refractivity contribution is -0.137. The third-order valence-corrected chi connectivity index (χ3v) is 2.70. The summed E-state index contributed by atoms with van der Waals surface area (Å²) in [4.78, 5) is 27.0. The van der Waals surface area contributed by atoms with Crippen molar-refractivity contribution in [1.82, 2.24) is 0 Å². The number of carboxylic acid groups (broad SMARTS) is 1. The molecular weight excluding hydrogens is 293 g/mol. The summed E-state index contributed by atoms with van der Waals surface area (Å²) < 4.78 is 38.3. The number of alkyl halides is 3. The fraction of sp³-hybridized carbons (Fsp3) is 0.250. The molecule has 1 amide bonds. The fourth-order valence-electron chi connectivity index (χ4n) is 1.70. The van der Waals surface area contributed by atoms with Gasteiger partial charge in [0.25, 0.3) is 5.91 Å². The van der Waals surface area contributed by atoms with Gasteiger partial charge in [0.2, 0.25) is 6.10 Å². The van der Waals surface area contributed by atoms with Gasteiger partial charge in [0.1, 0.15) is 0 Å². The van der Waals surface area contributed by atoms with Crippen LogP contribution in [0.5, 0.6) is 0 Å². The van der Waals surface area contributed by atoms with E-state index in [-0.39, 0.29) is 12.1 Å². The number of halogens is 3. The van der Waals surface area contributed by atoms with E-state index in [4.69, 9.17) is 5.11 Å². The number of benzene rings is 1. The zero-order valence-electron chi connectivity index (χ0n) is 10.3. The Morgan fingerprint density at radius 3 is 2.57 bits per heavy atom. The van der Waals surface area contributed by atoms with Crippen LogP contribution in [0, 0.1) is 0 Å². The Morgan fingerprint density at radius 1 is 1.33 bits per heavy atom. The van der Waals surface area contributed by atoms with Gasteiger partial charge in [-0.25, -0.2) is 4.79 Å². The molecule has 0 aromatic heterocycles. The zero-order valence-corrected chi connectivity index (χ0v) is 10.3. The lowest BCUT2D eigenvalue weighted by Crippen LogP contribution is -2.29. The molecule has 9 heteroatoms. The molecule has 1 aromatic carbocycles. The third kappa shape index (κ3) is 3.30. The summed E-state index contributed by atoms with van der Waals surface area (Å²) in [7, 11) is 0. The number of rotatable bonds is 3. The Bertz CT molecular complexity index is 613. The van der Waals surface area contributed by atoms with E-state index in [2.05, 4.69) is 15.3 Å². The normalized spacial score (nSPS) is 17.9. The van der Waals surface area contributed by atoms with E-state index in [1.807, 2.05) is 0 Å². The summed E-state index contributed by atoms with van der Waals surface area (Å²) >= 11 is 0. The Balaban J connectivity index is 2.10. The van der Waals surface area contributed by atoms with Gasteiger partial charge < -0.3 is 15.3 Å². The van der Waals surface area contributed by atoms with Crippen LogP contribution in [0.25, 0.3) is 0 Å². The quantitative estimate of drug-likeness (QED) is 0.892. The summed E-state index contributed by atoms with van der Waals surface area (Å²) in [5.74, 6) is -2.24. The number of para-hydroxylation sites is 1. The first-order valence-electron chi connectivity index (χ1n) is 5.72. The number of hydrogen-bond donors (Lipinski definition) is 2. The van der Waals surface area contributed by atoms with Crippen LogP contribution in [0.2, 0.25) is 0 Å². The number of hydrogen-bond acceptors (Lipinski definition) is 4. The first-order chi connectivity index (χ1) is 9.79. The molecule has 6 nitrogen and oxygen atoms in total. The highest BCUT2D eigenvalue weighted by Gasteiger charge is 2.36. The van der Waals surface area contributed by atoms with E-state index >= 15 is 0 Å². The first kappa shape index (κ1) is 14.8. The largest absolute Gasteiger partial charge is 0.477 e. The summed E-state index contributed by atoms with van der Waals surface area (Å²) in [6.45, 7) is 0. The molecule has 1 atom stereocenters. The van der Waals surface area contributed by atoms with Gasteiger partial charge in [0, 0.05) is 6.42 Å². The van der Waals surface area contributed by atoms with E-state index in [1.165, 1.54) is 12.1 Å². The summed E-state index contributed by atoms with van der Waals surface area (Å²) in [6, 6.07) is 4.44. The molecule has 1 aromatic rings. The number of oxime groups is 1. The number of aliphatic carboxylic acids is 1. The maximum absolute atomic E-state index is 12.8. The molecule has 1 aliphatic rings. The van der Waals surface area contributed by atoms with E-state index < -0.39 is 35.4 Å². The maximum Gasteiger partial charge on any atom is 0.418 e. The van der Waals surface area contributed by atoms with Crippen molar-refractivity contribution in [3.05, 3.63) is 29.8 Å². The van der Waals surface area contributed by atoms with Gasteiger partial charge in [0.05, 0.1) is 11.3 Å². The van der Waals surface area contributed by atoms with Gasteiger partial charge in [-0.15, -0.1) is 0 Å². The summed E-state index contributed by atoms with van der Waals surface area (Å²) in [5.41, 5.74) is -1.79. The second kappa shape index (κ2) is 5.43. The van der Waals surface area contributed by atoms with E-state index in [0.29, 0.717) is 0 Å². The maximum atomic E-state index is 12.8. The number of amides is 1. The molecule has 2 N–H and O–H groups in total. The summed E-state index contributed by atoms with van der Waals surface area (Å²) in [6.07, 6.45) is -6.20. The van der Waals surface area contributed by atoms with Gasteiger partial charge in [-0.05, 0) is 12.1 Å². The zero-order chi connectivity index (χ0) is 15.6. The minimum absolute atomic E-state index is 0.310. The van der Waals surface area contributed by atoms with E-state index in [0.717, 1.165) is 12.1 Å². The molecule has 1 aliphatic heterocycles. The second-order valence-electron chi connectivity index (χ2n) is 4.17. The number of carbonyl (C=O) groups excluding carboxylic acids is 1. The number of carbonyl (C=O) groups is 2.